The van der Waals surface area contributed by atoms with Gasteiger partial charge in [0, 0.05) is 17.7 Å². The topological polar surface area (TPSA) is 83.6 Å². The van der Waals surface area contributed by atoms with E-state index in [4.69, 9.17) is 0 Å². The fourth-order valence-electron chi connectivity index (χ4n) is 2.17. The summed E-state index contributed by atoms with van der Waals surface area (Å²) in [7, 11) is 0. The van der Waals surface area contributed by atoms with Crippen molar-refractivity contribution in [2.24, 2.45) is 0 Å². The first kappa shape index (κ1) is 17.3. The Hall–Kier alpha value is -3.08. The first-order valence-corrected chi connectivity index (χ1v) is 7.47. The summed E-state index contributed by atoms with van der Waals surface area (Å²) in [6, 6.07) is 9.46. The average Bonchev–Trinajstić information content (AvgIpc) is 2.54. The van der Waals surface area contributed by atoms with E-state index in [0.29, 0.717) is 12.0 Å². The summed E-state index contributed by atoms with van der Waals surface area (Å²) < 4.78 is 0. The van der Waals surface area contributed by atoms with E-state index >= 15 is 0 Å². The Labute approximate surface area is 140 Å². The summed E-state index contributed by atoms with van der Waals surface area (Å²) in [6.07, 6.45) is 6.08. The Morgan fingerprint density at radius 3 is 2.29 bits per heavy atom. The molecule has 0 radical (unpaired) electrons. The van der Waals surface area contributed by atoms with Gasteiger partial charge in [0.25, 0.3) is 5.69 Å². The number of nitro groups is 1. The number of nitrogens with zero attached hydrogens (tertiary/aromatic N) is 1. The number of hydrogen-bond acceptors (Lipinski definition) is 4. The predicted octanol–water partition coefficient (Wildman–Crippen LogP) is 4.69. The van der Waals surface area contributed by atoms with E-state index in [1.165, 1.54) is 18.2 Å². The van der Waals surface area contributed by atoms with Crippen LogP contribution in [0.3, 0.4) is 0 Å². The molecule has 2 aromatic carbocycles. The summed E-state index contributed by atoms with van der Waals surface area (Å²) in [4.78, 5) is 10.2. The molecular formula is C19H19NO4. The summed E-state index contributed by atoms with van der Waals surface area (Å²) >= 11 is 0. The quantitative estimate of drug-likeness (QED) is 0.275. The van der Waals surface area contributed by atoms with Crippen molar-refractivity contribution in [3.8, 4) is 11.5 Å². The van der Waals surface area contributed by atoms with Gasteiger partial charge in [0.15, 0.2) is 11.5 Å². The third-order valence-electron chi connectivity index (χ3n) is 3.49. The molecule has 0 aliphatic heterocycles. The normalized spacial score (nSPS) is 10.8. The maximum absolute atomic E-state index is 10.6. The molecular weight excluding hydrogens is 306 g/mol. The lowest BCUT2D eigenvalue weighted by Crippen LogP contribution is -1.87. The molecule has 2 N–H and O–H groups in total. The highest BCUT2D eigenvalue weighted by Gasteiger charge is 2.07. The molecule has 0 atom stereocenters. The first-order valence-electron chi connectivity index (χ1n) is 7.47. The Morgan fingerprint density at radius 1 is 1.08 bits per heavy atom. The summed E-state index contributed by atoms with van der Waals surface area (Å²) in [6.45, 7) is 3.94. The number of hydrogen-bond donors (Lipinski definition) is 2. The SMILES string of the molecule is CC(C)=CCc1cc(/C=C/c2ccc([N+](=O)[O-])cc2)cc(O)c1O. The third-order valence-corrected chi connectivity index (χ3v) is 3.49. The molecule has 0 saturated carbocycles. The highest BCUT2D eigenvalue weighted by atomic mass is 16.6. The summed E-state index contributed by atoms with van der Waals surface area (Å²) in [5.41, 5.74) is 3.35. The van der Waals surface area contributed by atoms with Crippen molar-refractivity contribution < 1.29 is 15.1 Å². The van der Waals surface area contributed by atoms with Gasteiger partial charge in [-0.05, 0) is 55.7 Å². The summed E-state index contributed by atoms with van der Waals surface area (Å²) in [5.74, 6) is -0.280. The molecule has 0 aliphatic carbocycles. The van der Waals surface area contributed by atoms with Gasteiger partial charge >= 0.3 is 0 Å². The van der Waals surface area contributed by atoms with Crippen molar-refractivity contribution in [3.05, 3.63) is 74.9 Å². The maximum atomic E-state index is 10.6. The van der Waals surface area contributed by atoms with Crippen LogP contribution >= 0.6 is 0 Å². The van der Waals surface area contributed by atoms with Gasteiger partial charge in [-0.3, -0.25) is 10.1 Å². The van der Waals surface area contributed by atoms with E-state index < -0.39 is 4.92 Å². The van der Waals surface area contributed by atoms with E-state index in [2.05, 4.69) is 0 Å². The van der Waals surface area contributed by atoms with Crippen molar-refractivity contribution in [2.75, 3.05) is 0 Å². The van der Waals surface area contributed by atoms with Crippen LogP contribution in [0.4, 0.5) is 5.69 Å². The van der Waals surface area contributed by atoms with Crippen LogP contribution in [0, 0.1) is 10.1 Å². The number of nitro benzene ring substituents is 1. The second-order valence-corrected chi connectivity index (χ2v) is 5.72. The Kier molecular flexibility index (Phi) is 5.37. The van der Waals surface area contributed by atoms with E-state index in [1.807, 2.05) is 19.9 Å². The second kappa shape index (κ2) is 7.46. The zero-order valence-electron chi connectivity index (χ0n) is 13.6. The molecule has 5 nitrogen and oxygen atoms in total. The van der Waals surface area contributed by atoms with Gasteiger partial charge < -0.3 is 10.2 Å². The van der Waals surface area contributed by atoms with Crippen molar-refractivity contribution in [3.63, 3.8) is 0 Å². The molecule has 24 heavy (non-hydrogen) atoms. The van der Waals surface area contributed by atoms with Crippen molar-refractivity contribution >= 4 is 17.8 Å². The van der Waals surface area contributed by atoms with E-state index in [-0.39, 0.29) is 17.2 Å². The lowest BCUT2D eigenvalue weighted by atomic mass is 10.0. The van der Waals surface area contributed by atoms with E-state index in [0.717, 1.165) is 16.7 Å². The fraction of sp³-hybridized carbons (Fsp3) is 0.158. The van der Waals surface area contributed by atoms with Crippen molar-refractivity contribution in [1.29, 1.82) is 0 Å². The molecule has 0 amide bonds. The van der Waals surface area contributed by atoms with Gasteiger partial charge in [-0.2, -0.15) is 0 Å². The Morgan fingerprint density at radius 2 is 1.71 bits per heavy atom. The standard InChI is InChI=1S/C19H19NO4/c1-13(2)3-8-16-11-15(12-18(21)19(16)22)5-4-14-6-9-17(10-7-14)20(23)24/h3-7,9-12,21-22H,8H2,1-2H3/b5-4+. The number of phenols is 2. The smallest absolute Gasteiger partial charge is 0.269 e. The number of phenolic OH excluding ortho intramolecular Hbond substituents is 2. The lowest BCUT2D eigenvalue weighted by molar-refractivity contribution is -0.384. The van der Waals surface area contributed by atoms with Crippen LogP contribution in [-0.2, 0) is 6.42 Å². The minimum absolute atomic E-state index is 0.0402. The number of aromatic hydroxyl groups is 2. The van der Waals surface area contributed by atoms with E-state index in [9.17, 15) is 20.3 Å². The van der Waals surface area contributed by atoms with Crippen LogP contribution in [0.15, 0.2) is 48.0 Å². The fourth-order valence-corrected chi connectivity index (χ4v) is 2.17. The number of allylic oxidation sites excluding steroid dienone is 2. The molecule has 2 rings (SSSR count). The molecule has 0 aromatic heterocycles. The van der Waals surface area contributed by atoms with Gasteiger partial charge in [-0.15, -0.1) is 0 Å². The van der Waals surface area contributed by atoms with Crippen LogP contribution in [0.25, 0.3) is 12.2 Å². The maximum Gasteiger partial charge on any atom is 0.269 e. The molecule has 0 saturated heterocycles. The highest BCUT2D eigenvalue weighted by Crippen LogP contribution is 2.32. The van der Waals surface area contributed by atoms with Crippen LogP contribution in [0.1, 0.15) is 30.5 Å². The van der Waals surface area contributed by atoms with Crippen molar-refractivity contribution in [2.45, 2.75) is 20.3 Å². The molecule has 0 unspecified atom stereocenters. The molecule has 5 heteroatoms. The average molecular weight is 325 g/mol. The molecule has 0 fully saturated rings. The van der Waals surface area contributed by atoms with Crippen LogP contribution < -0.4 is 0 Å². The lowest BCUT2D eigenvalue weighted by Gasteiger charge is -2.06. The highest BCUT2D eigenvalue weighted by molar-refractivity contribution is 5.72. The molecule has 124 valence electrons. The molecule has 0 spiro atoms. The second-order valence-electron chi connectivity index (χ2n) is 5.72. The third kappa shape index (κ3) is 4.46. The molecule has 2 aromatic rings. The predicted molar refractivity (Wildman–Crippen MR) is 94.9 cm³/mol. The molecule has 0 heterocycles. The number of rotatable bonds is 5. The summed E-state index contributed by atoms with van der Waals surface area (Å²) in [5, 5.41) is 30.4. The Bertz CT molecular complexity index is 801. The monoisotopic (exact) mass is 325 g/mol. The minimum Gasteiger partial charge on any atom is -0.504 e. The number of benzene rings is 2. The van der Waals surface area contributed by atoms with Gasteiger partial charge in [-0.25, -0.2) is 0 Å². The minimum atomic E-state index is -0.443. The zero-order valence-corrected chi connectivity index (χ0v) is 13.6. The molecule has 0 bridgehead atoms. The van der Waals surface area contributed by atoms with Crippen LogP contribution in [0.5, 0.6) is 11.5 Å². The first-order chi connectivity index (χ1) is 11.4. The molecule has 0 aliphatic rings. The largest absolute Gasteiger partial charge is 0.504 e. The number of non-ortho nitro benzene ring substituents is 1. The van der Waals surface area contributed by atoms with Crippen LogP contribution in [0.2, 0.25) is 0 Å². The van der Waals surface area contributed by atoms with Crippen LogP contribution in [-0.4, -0.2) is 15.1 Å². The zero-order chi connectivity index (χ0) is 17.7. The van der Waals surface area contributed by atoms with E-state index in [1.54, 1.807) is 30.4 Å². The van der Waals surface area contributed by atoms with Gasteiger partial charge in [0.2, 0.25) is 0 Å². The van der Waals surface area contributed by atoms with Gasteiger partial charge in [0.1, 0.15) is 0 Å². The van der Waals surface area contributed by atoms with Gasteiger partial charge in [-0.1, -0.05) is 23.8 Å². The Balaban J connectivity index is 2.25. The van der Waals surface area contributed by atoms with Gasteiger partial charge in [0.05, 0.1) is 4.92 Å². The van der Waals surface area contributed by atoms with Crippen molar-refractivity contribution in [1.82, 2.24) is 0 Å².